The Morgan fingerprint density at radius 1 is 1.08 bits per heavy atom. The second-order valence-corrected chi connectivity index (χ2v) is 2.35. The van der Waals surface area contributed by atoms with Crippen LogP contribution < -0.4 is 0 Å². The first-order valence-corrected chi connectivity index (χ1v) is 3.40. The third-order valence-electron chi connectivity index (χ3n) is 1.61. The minimum absolute atomic E-state index is 0. The molecule has 1 N–H and O–H groups in total. The third-order valence-corrected chi connectivity index (χ3v) is 1.61. The molecule has 0 bridgehead atoms. The van der Waals surface area contributed by atoms with E-state index in [4.69, 9.17) is 0 Å². The minimum Gasteiger partial charge on any atom is 0 e. The Bertz CT molecular complexity index is 389. The topological polar surface area (TPSA) is 33.1 Å². The number of rotatable bonds is 0. The number of aromatic hydroxyl groups is 1. The van der Waals surface area contributed by atoms with Gasteiger partial charge in [0, 0.05) is 28.7 Å². The summed E-state index contributed by atoms with van der Waals surface area (Å²) in [7, 11) is 0. The van der Waals surface area contributed by atoms with Crippen molar-refractivity contribution >= 4 is 48.6 Å². The summed E-state index contributed by atoms with van der Waals surface area (Å²) < 4.78 is 0. The van der Waals surface area contributed by atoms with Crippen molar-refractivity contribution in [2.75, 3.05) is 0 Å². The number of fused-ring (bicyclic) bond motifs is 1. The van der Waals surface area contributed by atoms with Crippen LogP contribution in [0.4, 0.5) is 0 Å². The van der Waals surface area contributed by atoms with Crippen molar-refractivity contribution in [2.24, 2.45) is 0 Å². The van der Waals surface area contributed by atoms with Gasteiger partial charge in [0.1, 0.15) is 11.3 Å². The Balaban J connectivity index is 0.000000720. The number of hydrogen-bond acceptors (Lipinski definition) is 2. The van der Waals surface area contributed by atoms with E-state index in [1.54, 1.807) is 18.3 Å². The Morgan fingerprint density at radius 2 is 1.77 bits per heavy atom. The molecule has 1 aromatic carbocycles. The summed E-state index contributed by atoms with van der Waals surface area (Å²) in [6.07, 6.45) is 1.67. The molecule has 1 radical (unpaired) electrons. The predicted molar refractivity (Wildman–Crippen MR) is 52.0 cm³/mol. The Labute approximate surface area is 117 Å². The molecule has 0 atom stereocenters. The van der Waals surface area contributed by atoms with Crippen LogP contribution in [0.1, 0.15) is 0 Å². The van der Waals surface area contributed by atoms with Gasteiger partial charge in [-0.3, -0.25) is 4.98 Å². The molecule has 2 nitrogen and oxygen atoms in total. The van der Waals surface area contributed by atoms with Gasteiger partial charge < -0.3 is 5.11 Å². The van der Waals surface area contributed by atoms with Crippen LogP contribution in [0.2, 0.25) is 0 Å². The SMILES string of the molecule is Oc1cccc2cccnc12.[CaH2].[Cu]. The molecule has 13 heavy (non-hydrogen) atoms. The maximum absolute atomic E-state index is 9.31. The molecule has 0 saturated carbocycles. The summed E-state index contributed by atoms with van der Waals surface area (Å²) >= 11 is 0. The number of benzene rings is 1. The Hall–Kier alpha value is 0.209. The first-order valence-electron chi connectivity index (χ1n) is 3.40. The van der Waals surface area contributed by atoms with Crippen molar-refractivity contribution in [3.05, 3.63) is 36.5 Å². The molecule has 4 heteroatoms. The fourth-order valence-corrected chi connectivity index (χ4v) is 1.09. The second-order valence-electron chi connectivity index (χ2n) is 2.35. The van der Waals surface area contributed by atoms with E-state index in [-0.39, 0.29) is 60.6 Å². The molecule has 1 aromatic heterocycles. The van der Waals surface area contributed by atoms with Gasteiger partial charge in [-0.05, 0) is 12.1 Å². The summed E-state index contributed by atoms with van der Waals surface area (Å²) in [5.74, 6) is 0.239. The van der Waals surface area contributed by atoms with Crippen molar-refractivity contribution in [1.29, 1.82) is 0 Å². The van der Waals surface area contributed by atoms with Gasteiger partial charge in [-0.15, -0.1) is 0 Å². The molecule has 0 unspecified atom stereocenters. The smallest absolute Gasteiger partial charge is 0 e. The molecule has 0 aliphatic carbocycles. The summed E-state index contributed by atoms with van der Waals surface area (Å²) in [5, 5.41) is 10.3. The molecule has 2 aromatic rings. The zero-order chi connectivity index (χ0) is 7.68. The van der Waals surface area contributed by atoms with Crippen molar-refractivity contribution in [2.45, 2.75) is 0 Å². The zero-order valence-electron chi connectivity index (χ0n) is 6.16. The second kappa shape index (κ2) is 5.84. The van der Waals surface area contributed by atoms with Crippen LogP contribution in [-0.4, -0.2) is 47.8 Å². The van der Waals surface area contributed by atoms with Crippen LogP contribution in [0.25, 0.3) is 10.9 Å². The van der Waals surface area contributed by atoms with E-state index in [0.717, 1.165) is 5.39 Å². The van der Waals surface area contributed by atoms with Gasteiger partial charge in [0.15, 0.2) is 0 Å². The molecule has 0 fully saturated rings. The molecule has 0 saturated heterocycles. The van der Waals surface area contributed by atoms with E-state index in [1.165, 1.54) is 0 Å². The maximum Gasteiger partial charge on any atom is 0 e. The first-order chi connectivity index (χ1) is 5.38. The molecule has 69 valence electrons. The molecular formula is C9H9CaCuNO. The van der Waals surface area contributed by atoms with E-state index in [1.807, 2.05) is 18.2 Å². The number of hydrogen-bond donors (Lipinski definition) is 1. The third kappa shape index (κ3) is 2.83. The number of nitrogens with zero attached hydrogens (tertiary/aromatic N) is 1. The average molecular weight is 251 g/mol. The molecule has 1 heterocycles. The maximum atomic E-state index is 9.31. The predicted octanol–water partition coefficient (Wildman–Crippen LogP) is 1.02. The van der Waals surface area contributed by atoms with Crippen LogP contribution >= 0.6 is 0 Å². The molecule has 0 aliphatic rings. The number of phenolic OH excluding ortho intramolecular Hbond substituents is 1. The van der Waals surface area contributed by atoms with Crippen molar-refractivity contribution in [3.63, 3.8) is 0 Å². The van der Waals surface area contributed by atoms with Crippen LogP contribution in [0.5, 0.6) is 5.75 Å². The van der Waals surface area contributed by atoms with Crippen molar-refractivity contribution in [3.8, 4) is 5.75 Å². The summed E-state index contributed by atoms with van der Waals surface area (Å²) in [6.45, 7) is 0. The van der Waals surface area contributed by atoms with Gasteiger partial charge in [0.2, 0.25) is 0 Å². The molecule has 0 spiro atoms. The van der Waals surface area contributed by atoms with Crippen molar-refractivity contribution in [1.82, 2.24) is 4.98 Å². The summed E-state index contributed by atoms with van der Waals surface area (Å²) in [5.41, 5.74) is 0.662. The average Bonchev–Trinajstić information content (AvgIpc) is 2.06. The van der Waals surface area contributed by atoms with E-state index in [2.05, 4.69) is 4.98 Å². The van der Waals surface area contributed by atoms with Gasteiger partial charge in [-0.25, -0.2) is 0 Å². The van der Waals surface area contributed by atoms with Crippen LogP contribution in [0.15, 0.2) is 36.5 Å². The Kier molecular flexibility index (Phi) is 5.93. The number of phenols is 1. The monoisotopic (exact) mass is 250 g/mol. The van der Waals surface area contributed by atoms with E-state index in [0.29, 0.717) is 5.52 Å². The fraction of sp³-hybridized carbons (Fsp3) is 0. The minimum atomic E-state index is 0. The molecule has 0 amide bonds. The van der Waals surface area contributed by atoms with E-state index >= 15 is 0 Å². The fourth-order valence-electron chi connectivity index (χ4n) is 1.09. The molecular weight excluding hydrogens is 242 g/mol. The largest absolute Gasteiger partial charge is 0 e. The number of para-hydroxylation sites is 1. The first kappa shape index (κ1) is 13.2. The van der Waals surface area contributed by atoms with Crippen LogP contribution in [-0.2, 0) is 17.1 Å². The van der Waals surface area contributed by atoms with E-state index in [9.17, 15) is 5.11 Å². The standard InChI is InChI=1S/C9H7NO.Ca.Cu.2H/c11-8-5-1-3-7-4-2-6-10-9(7)8;;;;/h1-6,11H;;;;. The van der Waals surface area contributed by atoms with Gasteiger partial charge in [-0.1, -0.05) is 18.2 Å². The zero-order valence-corrected chi connectivity index (χ0v) is 7.10. The quantitative estimate of drug-likeness (QED) is 0.709. The number of aromatic nitrogens is 1. The van der Waals surface area contributed by atoms with Crippen LogP contribution in [0, 0.1) is 0 Å². The normalized spacial score (nSPS) is 8.62. The molecule has 2 rings (SSSR count). The number of pyridine rings is 1. The van der Waals surface area contributed by atoms with Gasteiger partial charge in [0.25, 0.3) is 0 Å². The van der Waals surface area contributed by atoms with Gasteiger partial charge >= 0.3 is 37.7 Å². The van der Waals surface area contributed by atoms with Crippen LogP contribution in [0.3, 0.4) is 0 Å². The van der Waals surface area contributed by atoms with E-state index < -0.39 is 0 Å². The Morgan fingerprint density at radius 3 is 2.46 bits per heavy atom. The van der Waals surface area contributed by atoms with Gasteiger partial charge in [0.05, 0.1) is 0 Å². The van der Waals surface area contributed by atoms with Gasteiger partial charge in [-0.2, -0.15) is 0 Å². The van der Waals surface area contributed by atoms with Crippen molar-refractivity contribution < 1.29 is 22.2 Å². The molecule has 0 aliphatic heterocycles. The summed E-state index contributed by atoms with van der Waals surface area (Å²) in [6, 6.07) is 9.13. The summed E-state index contributed by atoms with van der Waals surface area (Å²) in [4.78, 5) is 4.03.